The van der Waals surface area contributed by atoms with Crippen molar-refractivity contribution in [3.05, 3.63) is 48.8 Å². The van der Waals surface area contributed by atoms with Crippen LogP contribution in [-0.2, 0) is 4.79 Å². The fraction of sp³-hybridized carbons (Fsp3) is 0.267. The van der Waals surface area contributed by atoms with Crippen LogP contribution in [0.15, 0.2) is 58.8 Å². The zero-order valence-corrected chi connectivity index (χ0v) is 15.9. The topological polar surface area (TPSA) is 63.1 Å². The van der Waals surface area contributed by atoms with Gasteiger partial charge in [0.1, 0.15) is 10.1 Å². The van der Waals surface area contributed by atoms with Crippen LogP contribution in [0.2, 0.25) is 0 Å². The summed E-state index contributed by atoms with van der Waals surface area (Å²) in [5.41, 5.74) is 0. The Kier molecular flexibility index (Phi) is 11.9. The van der Waals surface area contributed by atoms with Crippen molar-refractivity contribution in [2.75, 3.05) is 11.5 Å². The summed E-state index contributed by atoms with van der Waals surface area (Å²) in [7, 11) is 7.15. The van der Waals surface area contributed by atoms with Crippen LogP contribution in [-0.4, -0.2) is 32.5 Å². The van der Waals surface area contributed by atoms with Crippen molar-refractivity contribution < 1.29 is 9.90 Å². The molecule has 0 aliphatic heterocycles. The molecule has 1 N–H and O–H groups in total. The van der Waals surface area contributed by atoms with Gasteiger partial charge < -0.3 is 5.11 Å². The molecular weight excluding hydrogens is 368 g/mol. The molecule has 0 aliphatic carbocycles. The van der Waals surface area contributed by atoms with Gasteiger partial charge in [-0.25, -0.2) is 9.97 Å². The third kappa shape index (κ3) is 11.4. The number of pyridine rings is 2. The minimum atomic E-state index is -0.745. The summed E-state index contributed by atoms with van der Waals surface area (Å²) in [5, 5.41) is 9.87. The average molecular weight is 387 g/mol. The number of aromatic nitrogens is 2. The number of hydrogen-bond donors (Lipinski definition) is 1. The Bertz CT molecular complexity index is 500. The highest BCUT2D eigenvalue weighted by Gasteiger charge is 1.97. The van der Waals surface area contributed by atoms with E-state index >= 15 is 0 Å². The molecule has 0 aliphatic rings. The van der Waals surface area contributed by atoms with Crippen LogP contribution in [0.25, 0.3) is 0 Å². The minimum absolute atomic E-state index is 0.222. The van der Waals surface area contributed by atoms with Crippen LogP contribution >= 0.6 is 43.2 Å². The second kappa shape index (κ2) is 13.6. The summed E-state index contributed by atoms with van der Waals surface area (Å²) in [5.74, 6) is 1.46. The summed E-state index contributed by atoms with van der Waals surface area (Å²) in [6, 6.07) is 12.0. The summed E-state index contributed by atoms with van der Waals surface area (Å²) in [6.45, 7) is 1.60. The fourth-order valence-corrected chi connectivity index (χ4v) is 5.53. The molecule has 0 saturated carbocycles. The lowest BCUT2D eigenvalue weighted by atomic mass is 10.5. The summed E-state index contributed by atoms with van der Waals surface area (Å²) in [6.07, 6.45) is 3.88. The lowest BCUT2D eigenvalue weighted by Crippen LogP contribution is -1.86. The number of carboxylic acid groups (broad SMARTS) is 1. The number of rotatable bonds is 8. The third-order valence-corrected chi connectivity index (χ3v) is 6.91. The summed E-state index contributed by atoms with van der Waals surface area (Å²) in [4.78, 5) is 17.9. The van der Waals surface area contributed by atoms with Crippen LogP contribution in [0.1, 0.15) is 13.3 Å². The average Bonchev–Trinajstić information content (AvgIpc) is 2.60. The standard InChI is InChI=1S/C12H12N2S4.C3H6O2/c1-3-7-13-11(5-1)17-15-9-10-16-18-12-6-2-4-8-14-12;1-2-3(4)5/h1-8H,9-10H2;2H2,1H3,(H,4,5). The molecule has 2 aromatic rings. The highest BCUT2D eigenvalue weighted by molar-refractivity contribution is 8.78. The van der Waals surface area contributed by atoms with Crippen molar-refractivity contribution in [2.24, 2.45) is 0 Å². The molecule has 2 rings (SSSR count). The molecule has 0 atom stereocenters. The predicted molar refractivity (Wildman–Crippen MR) is 103 cm³/mol. The Hall–Kier alpha value is -0.830. The van der Waals surface area contributed by atoms with Crippen LogP contribution in [0.4, 0.5) is 0 Å². The second-order valence-electron chi connectivity index (χ2n) is 3.89. The normalized spacial score (nSPS) is 9.78. The SMILES string of the molecule is CCC(=O)O.c1ccc(SSCCSSc2ccccn2)nc1. The van der Waals surface area contributed by atoms with Crippen LogP contribution in [0.5, 0.6) is 0 Å². The fourth-order valence-electron chi connectivity index (χ4n) is 1.06. The molecule has 2 aromatic heterocycles. The number of hydrogen-bond acceptors (Lipinski definition) is 7. The monoisotopic (exact) mass is 386 g/mol. The van der Waals surface area contributed by atoms with E-state index in [1.54, 1.807) is 28.5 Å². The van der Waals surface area contributed by atoms with Gasteiger partial charge in [-0.15, -0.1) is 0 Å². The first kappa shape index (κ1) is 20.2. The molecule has 0 fully saturated rings. The van der Waals surface area contributed by atoms with Gasteiger partial charge in [-0.2, -0.15) is 0 Å². The van der Waals surface area contributed by atoms with Crippen molar-refractivity contribution in [1.82, 2.24) is 9.97 Å². The second-order valence-corrected chi connectivity index (χ2v) is 8.77. The van der Waals surface area contributed by atoms with E-state index < -0.39 is 5.97 Å². The number of aliphatic carboxylic acids is 1. The van der Waals surface area contributed by atoms with E-state index in [-0.39, 0.29) is 6.42 Å². The Balaban J connectivity index is 0.000000463. The summed E-state index contributed by atoms with van der Waals surface area (Å²) >= 11 is 0. The van der Waals surface area contributed by atoms with Crippen molar-refractivity contribution in [2.45, 2.75) is 23.4 Å². The molecule has 0 amide bonds. The van der Waals surface area contributed by atoms with Gasteiger partial charge in [0, 0.05) is 30.3 Å². The zero-order chi connectivity index (χ0) is 16.8. The quantitative estimate of drug-likeness (QED) is 0.494. The first-order valence-electron chi connectivity index (χ1n) is 6.85. The molecular formula is C15H18N2O2S4. The van der Waals surface area contributed by atoms with Crippen molar-refractivity contribution >= 4 is 49.1 Å². The highest BCUT2D eigenvalue weighted by Crippen LogP contribution is 2.33. The van der Waals surface area contributed by atoms with E-state index in [0.29, 0.717) is 0 Å². The first-order valence-corrected chi connectivity index (χ1v) is 11.5. The molecule has 0 bridgehead atoms. The highest BCUT2D eigenvalue weighted by atomic mass is 33.1. The smallest absolute Gasteiger partial charge is 0.303 e. The van der Waals surface area contributed by atoms with Crippen molar-refractivity contribution in [3.63, 3.8) is 0 Å². The van der Waals surface area contributed by atoms with Gasteiger partial charge in [-0.1, -0.05) is 40.6 Å². The van der Waals surface area contributed by atoms with Crippen LogP contribution < -0.4 is 0 Å². The van der Waals surface area contributed by atoms with E-state index in [1.807, 2.05) is 70.4 Å². The molecule has 8 heteroatoms. The molecule has 0 spiro atoms. The minimum Gasteiger partial charge on any atom is -0.481 e. The van der Waals surface area contributed by atoms with Gasteiger partial charge in [-0.05, 0) is 45.9 Å². The Morgan fingerprint density at radius 1 is 0.957 bits per heavy atom. The van der Waals surface area contributed by atoms with E-state index in [0.717, 1.165) is 21.6 Å². The van der Waals surface area contributed by atoms with Gasteiger partial charge in [-0.3, -0.25) is 4.79 Å². The predicted octanol–water partition coefficient (Wildman–Crippen LogP) is 5.14. The number of carbonyl (C=O) groups is 1. The van der Waals surface area contributed by atoms with Gasteiger partial charge in [0.2, 0.25) is 0 Å². The van der Waals surface area contributed by atoms with Crippen molar-refractivity contribution in [1.29, 1.82) is 0 Å². The number of nitrogens with zero attached hydrogens (tertiary/aromatic N) is 2. The van der Waals surface area contributed by atoms with Gasteiger partial charge in [0.05, 0.1) is 0 Å². The molecule has 23 heavy (non-hydrogen) atoms. The van der Waals surface area contributed by atoms with Crippen LogP contribution in [0, 0.1) is 0 Å². The first-order chi connectivity index (χ1) is 11.2. The summed E-state index contributed by atoms with van der Waals surface area (Å²) < 4.78 is 0. The maximum Gasteiger partial charge on any atom is 0.303 e. The van der Waals surface area contributed by atoms with Crippen LogP contribution in [0.3, 0.4) is 0 Å². The largest absolute Gasteiger partial charge is 0.481 e. The van der Waals surface area contributed by atoms with E-state index in [9.17, 15) is 4.79 Å². The third-order valence-electron chi connectivity index (χ3n) is 2.12. The Labute approximate surface area is 152 Å². The molecule has 4 nitrogen and oxygen atoms in total. The Morgan fingerprint density at radius 3 is 1.70 bits per heavy atom. The Morgan fingerprint density at radius 2 is 1.39 bits per heavy atom. The molecule has 0 unspecified atom stereocenters. The van der Waals surface area contributed by atoms with E-state index in [2.05, 4.69) is 9.97 Å². The molecule has 0 saturated heterocycles. The molecule has 0 aromatic carbocycles. The van der Waals surface area contributed by atoms with Crippen molar-refractivity contribution in [3.8, 4) is 0 Å². The molecule has 0 radical (unpaired) electrons. The molecule has 124 valence electrons. The van der Waals surface area contributed by atoms with Gasteiger partial charge in [0.15, 0.2) is 0 Å². The maximum absolute atomic E-state index is 9.37. The van der Waals surface area contributed by atoms with Gasteiger partial charge in [0.25, 0.3) is 0 Å². The lowest BCUT2D eigenvalue weighted by Gasteiger charge is -2.00. The lowest BCUT2D eigenvalue weighted by molar-refractivity contribution is -0.136. The molecule has 2 heterocycles. The van der Waals surface area contributed by atoms with E-state index in [1.165, 1.54) is 0 Å². The van der Waals surface area contributed by atoms with E-state index in [4.69, 9.17) is 5.11 Å². The number of carboxylic acids is 1. The maximum atomic E-state index is 9.37. The van der Waals surface area contributed by atoms with Gasteiger partial charge >= 0.3 is 5.97 Å². The zero-order valence-electron chi connectivity index (χ0n) is 12.6.